The van der Waals surface area contributed by atoms with Crippen LogP contribution in [0.5, 0.6) is 11.5 Å². The number of alkyl halides is 6. The summed E-state index contributed by atoms with van der Waals surface area (Å²) in [6.07, 6.45) is -3.79. The molecule has 0 aliphatic rings. The summed E-state index contributed by atoms with van der Waals surface area (Å²) in [4.78, 5) is 25.1. The molecule has 2 heterocycles. The number of aliphatic imine (C=N–C) groups is 1. The number of amides is 2. The van der Waals surface area contributed by atoms with Gasteiger partial charge in [0.1, 0.15) is 11.5 Å². The van der Waals surface area contributed by atoms with E-state index in [-0.39, 0.29) is 35.4 Å². The van der Waals surface area contributed by atoms with E-state index in [0.717, 1.165) is 32.4 Å². The molecule has 4 rings (SSSR count). The summed E-state index contributed by atoms with van der Waals surface area (Å²) in [5.41, 5.74) is -0.493. The number of carbonyl (C=O) groups excluding carboxylic acids is 2. The lowest BCUT2D eigenvalue weighted by Crippen LogP contribution is -2.38. The first-order chi connectivity index (χ1) is 25.7. The van der Waals surface area contributed by atoms with E-state index < -0.39 is 23.7 Å². The predicted octanol–water partition coefficient (Wildman–Crippen LogP) is 8.99. The number of urea groups is 1. The highest BCUT2D eigenvalue weighted by atomic mass is 19.4. The molecule has 18 heteroatoms. The Bertz CT molecular complexity index is 1790. The van der Waals surface area contributed by atoms with Gasteiger partial charge in [0.2, 0.25) is 6.08 Å². The van der Waals surface area contributed by atoms with Gasteiger partial charge in [-0.2, -0.15) is 26.3 Å². The fourth-order valence-corrected chi connectivity index (χ4v) is 5.29. The molecule has 0 unspecified atom stereocenters. The van der Waals surface area contributed by atoms with Gasteiger partial charge < -0.3 is 34.1 Å². The van der Waals surface area contributed by atoms with Gasteiger partial charge in [-0.25, -0.2) is 14.6 Å². The van der Waals surface area contributed by atoms with Crippen LogP contribution in [0.3, 0.4) is 0 Å². The van der Waals surface area contributed by atoms with Crippen molar-refractivity contribution in [2.75, 3.05) is 53.5 Å². The number of benzene rings is 2. The Morgan fingerprint density at radius 3 is 1.65 bits per heavy atom. The molecule has 0 saturated carbocycles. The maximum absolute atomic E-state index is 13.0. The van der Waals surface area contributed by atoms with Crippen molar-refractivity contribution in [1.82, 2.24) is 25.8 Å². The zero-order valence-electron chi connectivity index (χ0n) is 31.3. The Hall–Kier alpha value is -4.83. The number of rotatable bonds is 16. The third kappa shape index (κ3) is 14.1. The number of aromatic nitrogens is 2. The van der Waals surface area contributed by atoms with E-state index in [1.54, 1.807) is 18.0 Å². The number of aryl methyl sites for hydroxylation is 2. The summed E-state index contributed by atoms with van der Waals surface area (Å²) in [5.74, 6) is 1.05. The van der Waals surface area contributed by atoms with Crippen LogP contribution >= 0.6 is 0 Å². The molecule has 0 bridgehead atoms. The van der Waals surface area contributed by atoms with E-state index in [4.69, 9.17) is 23.3 Å². The molecule has 0 spiro atoms. The highest BCUT2D eigenvalue weighted by Gasteiger charge is 2.38. The summed E-state index contributed by atoms with van der Waals surface area (Å²) < 4.78 is 99.4. The van der Waals surface area contributed by atoms with Crippen LogP contribution in [-0.4, -0.2) is 80.8 Å². The molecule has 2 N–H and O–H groups in total. The van der Waals surface area contributed by atoms with Crippen molar-refractivity contribution in [3.63, 3.8) is 0 Å². The molecule has 0 fully saturated rings. The van der Waals surface area contributed by atoms with E-state index >= 15 is 0 Å². The Balaban J connectivity index is 0.000000497. The summed E-state index contributed by atoms with van der Waals surface area (Å²) in [7, 11) is 2.95. The van der Waals surface area contributed by atoms with Crippen molar-refractivity contribution in [2.24, 2.45) is 4.99 Å². The Labute approximate surface area is 316 Å². The van der Waals surface area contributed by atoms with Crippen molar-refractivity contribution in [2.45, 2.75) is 86.0 Å². The van der Waals surface area contributed by atoms with Crippen LogP contribution in [-0.2, 0) is 30.0 Å². The molecule has 2 aromatic carbocycles. The zero-order valence-corrected chi connectivity index (χ0v) is 31.3. The molecule has 2 amide bonds. The lowest BCUT2D eigenvalue weighted by Gasteiger charge is -2.20. The van der Waals surface area contributed by atoms with Gasteiger partial charge in [-0.3, -0.25) is 0 Å². The summed E-state index contributed by atoms with van der Waals surface area (Å²) in [6.45, 7) is 11.4. The molecular weight excluding hydrogens is 738 g/mol. The average molecular weight is 791 g/mol. The first-order valence-electron chi connectivity index (χ1n) is 17.6. The molecular formula is C37H52F6N6O6. The number of carbonyl (C=O) groups is 1. The van der Waals surface area contributed by atoms with Crippen LogP contribution in [0.25, 0.3) is 21.9 Å². The molecule has 0 aliphatic carbocycles. The first kappa shape index (κ1) is 48.2. The number of halogens is 6. The first-order valence-corrected chi connectivity index (χ1v) is 17.6. The Morgan fingerprint density at radius 1 is 0.836 bits per heavy atom. The van der Waals surface area contributed by atoms with E-state index in [9.17, 15) is 31.1 Å². The van der Waals surface area contributed by atoms with Crippen molar-refractivity contribution in [1.29, 1.82) is 0 Å². The number of hydrogen-bond acceptors (Lipinski definition) is 10. The number of hydrogen-bond donors (Lipinski definition) is 2. The monoisotopic (exact) mass is 790 g/mol. The fraction of sp³-hybridized carbons (Fsp3) is 0.568. The van der Waals surface area contributed by atoms with Crippen LogP contribution in [0.4, 0.5) is 31.1 Å². The topological polar surface area (TPSA) is 144 Å². The van der Waals surface area contributed by atoms with Gasteiger partial charge in [-0.1, -0.05) is 51.4 Å². The van der Waals surface area contributed by atoms with E-state index in [0.29, 0.717) is 68.2 Å². The van der Waals surface area contributed by atoms with E-state index in [1.165, 1.54) is 31.3 Å². The number of fused-ring (bicyclic) bond motifs is 2. The molecule has 0 atom stereocenters. The van der Waals surface area contributed by atoms with Crippen molar-refractivity contribution >= 4 is 34.0 Å². The maximum Gasteiger partial charge on any atom is 0.437 e. The Morgan fingerprint density at radius 2 is 1.29 bits per heavy atom. The minimum atomic E-state index is -4.57. The highest BCUT2D eigenvalue weighted by molar-refractivity contribution is 5.86. The molecule has 0 radical (unpaired) electrons. The van der Waals surface area contributed by atoms with Crippen molar-refractivity contribution in [3.8, 4) is 11.5 Å². The number of ether oxygens (including phenoxy) is 2. The smallest absolute Gasteiger partial charge is 0.437 e. The largest absolute Gasteiger partial charge is 0.493 e. The predicted molar refractivity (Wildman–Crippen MR) is 197 cm³/mol. The van der Waals surface area contributed by atoms with Crippen LogP contribution < -0.4 is 20.1 Å². The standard InChI is InChI=1S/C18H24F3N3O3.C16H21F3N2O2.C2H3NO.CH4/c1-4-7-12-14(26-11-6-10-24(5-2)17(25)22-3)9-8-13-15(12)27-23-16(13)18(19,20)21;1-3-6-11-13(22-10-5-9-20-4-2)8-7-12-14(11)23-21-15(12)16(17,18)19;1-3-2-4;/h8-9H,4-7,10-11H2,1-3H3,(H,22,25);7-8,20H,3-6,9-10H2,1-2H3;1H3;1H4. The minimum absolute atomic E-state index is 0. The fourth-order valence-electron chi connectivity index (χ4n) is 5.29. The van der Waals surface area contributed by atoms with Gasteiger partial charge in [-0.05, 0) is 70.0 Å². The summed E-state index contributed by atoms with van der Waals surface area (Å²) >= 11 is 0. The van der Waals surface area contributed by atoms with Crippen LogP contribution in [0.2, 0.25) is 0 Å². The molecule has 4 aromatic rings. The lowest BCUT2D eigenvalue weighted by atomic mass is 10.0. The van der Waals surface area contributed by atoms with Crippen LogP contribution in [0.15, 0.2) is 38.3 Å². The third-order valence-corrected chi connectivity index (χ3v) is 7.75. The number of nitrogens with one attached hydrogen (secondary N) is 2. The van der Waals surface area contributed by atoms with E-state index in [1.807, 2.05) is 27.7 Å². The van der Waals surface area contributed by atoms with Crippen molar-refractivity contribution < 1.29 is 54.5 Å². The maximum atomic E-state index is 13.0. The van der Waals surface area contributed by atoms with Gasteiger partial charge >= 0.3 is 18.4 Å². The minimum Gasteiger partial charge on any atom is -0.493 e. The van der Waals surface area contributed by atoms with Gasteiger partial charge in [0, 0.05) is 38.3 Å². The average Bonchev–Trinajstić information content (AvgIpc) is 3.79. The molecule has 12 nitrogen and oxygen atoms in total. The van der Waals surface area contributed by atoms with Gasteiger partial charge in [0.05, 0.1) is 24.0 Å². The van der Waals surface area contributed by atoms with E-state index in [2.05, 4.69) is 25.9 Å². The second-order valence-electron chi connectivity index (χ2n) is 11.6. The highest BCUT2D eigenvalue weighted by Crippen LogP contribution is 2.39. The van der Waals surface area contributed by atoms with Gasteiger partial charge in [0.15, 0.2) is 22.6 Å². The van der Waals surface area contributed by atoms with Crippen LogP contribution in [0, 0.1) is 0 Å². The van der Waals surface area contributed by atoms with Crippen molar-refractivity contribution in [3.05, 3.63) is 46.8 Å². The van der Waals surface area contributed by atoms with Crippen LogP contribution in [0.1, 0.15) is 83.3 Å². The van der Waals surface area contributed by atoms with Gasteiger partial charge in [0.25, 0.3) is 0 Å². The quantitative estimate of drug-likeness (QED) is 0.0492. The zero-order chi connectivity index (χ0) is 40.3. The second-order valence-corrected chi connectivity index (χ2v) is 11.6. The molecule has 55 heavy (non-hydrogen) atoms. The second kappa shape index (κ2) is 23.8. The SMILES string of the molecule is C.CCCc1c(OCCCN(CC)C(=O)NC)ccc2c(C(F)(F)F)noc12.CCCc1c(OCCCNCC)ccc2c(C(F)(F)F)noc12.CN=C=O. The number of isocyanates is 1. The lowest BCUT2D eigenvalue weighted by molar-refractivity contribution is -0.142. The molecule has 308 valence electrons. The molecule has 0 aliphatic heterocycles. The summed E-state index contributed by atoms with van der Waals surface area (Å²) in [6, 6.07) is 5.63. The Kier molecular flexibility index (Phi) is 20.9. The molecule has 2 aromatic heterocycles. The number of nitrogens with zero attached hydrogens (tertiary/aromatic N) is 4. The molecule has 0 saturated heterocycles. The van der Waals surface area contributed by atoms with Gasteiger partial charge in [-0.15, -0.1) is 0 Å². The third-order valence-electron chi connectivity index (χ3n) is 7.75. The summed E-state index contributed by atoms with van der Waals surface area (Å²) in [5, 5.41) is 12.1. The normalized spacial score (nSPS) is 11.1.